The summed E-state index contributed by atoms with van der Waals surface area (Å²) in [6.45, 7) is 4.28. The summed E-state index contributed by atoms with van der Waals surface area (Å²) in [7, 11) is 0. The number of aryl methyl sites for hydroxylation is 2. The molecular formula is C14H16O. The standard InChI is InChI=1S/C14H16O/c1-10-4-3-5-11(2)14(10)9-12-6-7-13(15)8-12/h3-5,8H,6-7,9H2,1-2H3. The second kappa shape index (κ2) is 4.01. The van der Waals surface area contributed by atoms with Crippen LogP contribution in [0, 0.1) is 13.8 Å². The van der Waals surface area contributed by atoms with Crippen molar-refractivity contribution < 1.29 is 4.79 Å². The van der Waals surface area contributed by atoms with Crippen LogP contribution in [0.25, 0.3) is 0 Å². The molecule has 0 bridgehead atoms. The molecule has 0 unspecified atom stereocenters. The maximum Gasteiger partial charge on any atom is 0.155 e. The van der Waals surface area contributed by atoms with E-state index in [2.05, 4.69) is 32.0 Å². The minimum absolute atomic E-state index is 0.288. The van der Waals surface area contributed by atoms with E-state index in [1.807, 2.05) is 6.08 Å². The van der Waals surface area contributed by atoms with Crippen molar-refractivity contribution in [1.82, 2.24) is 0 Å². The number of hydrogen-bond donors (Lipinski definition) is 0. The summed E-state index contributed by atoms with van der Waals surface area (Å²) >= 11 is 0. The topological polar surface area (TPSA) is 17.1 Å². The third kappa shape index (κ3) is 2.17. The number of carbonyl (C=O) groups is 1. The van der Waals surface area contributed by atoms with Crippen LogP contribution in [0.15, 0.2) is 29.8 Å². The first-order chi connectivity index (χ1) is 7.16. The molecule has 0 saturated carbocycles. The zero-order valence-corrected chi connectivity index (χ0v) is 9.34. The molecule has 0 radical (unpaired) electrons. The van der Waals surface area contributed by atoms with Crippen molar-refractivity contribution in [1.29, 1.82) is 0 Å². The largest absolute Gasteiger partial charge is 0.295 e. The van der Waals surface area contributed by atoms with Crippen LogP contribution >= 0.6 is 0 Å². The zero-order valence-electron chi connectivity index (χ0n) is 9.34. The molecule has 1 aliphatic rings. The average molecular weight is 200 g/mol. The predicted molar refractivity (Wildman–Crippen MR) is 61.9 cm³/mol. The Morgan fingerprint density at radius 1 is 1.13 bits per heavy atom. The Morgan fingerprint density at radius 3 is 2.33 bits per heavy atom. The van der Waals surface area contributed by atoms with Crippen molar-refractivity contribution in [2.45, 2.75) is 33.1 Å². The lowest BCUT2D eigenvalue weighted by Crippen LogP contribution is -1.95. The molecule has 1 heteroatoms. The van der Waals surface area contributed by atoms with Crippen LogP contribution in [0.2, 0.25) is 0 Å². The van der Waals surface area contributed by atoms with Crippen molar-refractivity contribution in [3.05, 3.63) is 46.5 Å². The van der Waals surface area contributed by atoms with Crippen LogP contribution in [0.4, 0.5) is 0 Å². The van der Waals surface area contributed by atoms with E-state index in [1.54, 1.807) is 0 Å². The van der Waals surface area contributed by atoms with Gasteiger partial charge in [-0.1, -0.05) is 23.8 Å². The highest BCUT2D eigenvalue weighted by molar-refractivity contribution is 5.93. The Morgan fingerprint density at radius 2 is 1.80 bits per heavy atom. The van der Waals surface area contributed by atoms with Gasteiger partial charge in [-0.3, -0.25) is 4.79 Å². The molecule has 0 aromatic heterocycles. The SMILES string of the molecule is Cc1cccc(C)c1CC1=CC(=O)CC1. The number of allylic oxidation sites excluding steroid dienone is 2. The number of hydrogen-bond acceptors (Lipinski definition) is 1. The molecule has 0 aliphatic heterocycles. The van der Waals surface area contributed by atoms with Crippen molar-refractivity contribution in [2.75, 3.05) is 0 Å². The Hall–Kier alpha value is -1.37. The van der Waals surface area contributed by atoms with E-state index in [4.69, 9.17) is 0 Å². The first-order valence-electron chi connectivity index (χ1n) is 5.44. The lowest BCUT2D eigenvalue weighted by Gasteiger charge is -2.09. The summed E-state index contributed by atoms with van der Waals surface area (Å²) in [5.74, 6) is 0.288. The van der Waals surface area contributed by atoms with Gasteiger partial charge in [0.05, 0.1) is 0 Å². The summed E-state index contributed by atoms with van der Waals surface area (Å²) in [5, 5.41) is 0. The van der Waals surface area contributed by atoms with E-state index in [-0.39, 0.29) is 5.78 Å². The second-order valence-electron chi connectivity index (χ2n) is 4.32. The summed E-state index contributed by atoms with van der Waals surface area (Å²) < 4.78 is 0. The number of benzene rings is 1. The van der Waals surface area contributed by atoms with Crippen molar-refractivity contribution in [3.8, 4) is 0 Å². The maximum atomic E-state index is 11.1. The van der Waals surface area contributed by atoms with Crippen LogP contribution in [-0.4, -0.2) is 5.78 Å². The van der Waals surface area contributed by atoms with Gasteiger partial charge in [0.1, 0.15) is 0 Å². The van der Waals surface area contributed by atoms with Gasteiger partial charge < -0.3 is 0 Å². The Labute approximate surface area is 90.8 Å². The number of rotatable bonds is 2. The molecule has 0 saturated heterocycles. The zero-order chi connectivity index (χ0) is 10.8. The molecule has 1 nitrogen and oxygen atoms in total. The molecule has 0 fully saturated rings. The van der Waals surface area contributed by atoms with Crippen LogP contribution in [-0.2, 0) is 11.2 Å². The molecule has 0 spiro atoms. The van der Waals surface area contributed by atoms with Gasteiger partial charge in [0.15, 0.2) is 5.78 Å². The third-order valence-corrected chi connectivity index (χ3v) is 3.11. The number of carbonyl (C=O) groups excluding carboxylic acids is 1. The summed E-state index contributed by atoms with van der Waals surface area (Å²) in [4.78, 5) is 11.1. The highest BCUT2D eigenvalue weighted by Gasteiger charge is 2.13. The van der Waals surface area contributed by atoms with Crippen LogP contribution in [0.3, 0.4) is 0 Å². The van der Waals surface area contributed by atoms with E-state index in [0.717, 1.165) is 12.8 Å². The van der Waals surface area contributed by atoms with Crippen LogP contribution in [0.1, 0.15) is 29.5 Å². The van der Waals surface area contributed by atoms with Crippen molar-refractivity contribution >= 4 is 5.78 Å². The van der Waals surface area contributed by atoms with Gasteiger partial charge >= 0.3 is 0 Å². The molecule has 78 valence electrons. The molecule has 0 atom stereocenters. The lowest BCUT2D eigenvalue weighted by molar-refractivity contribution is -0.114. The van der Waals surface area contributed by atoms with Gasteiger partial charge in [-0.25, -0.2) is 0 Å². The normalized spacial score (nSPS) is 15.6. The predicted octanol–water partition coefficient (Wildman–Crippen LogP) is 3.14. The summed E-state index contributed by atoms with van der Waals surface area (Å²) in [5.41, 5.74) is 5.33. The van der Waals surface area contributed by atoms with Crippen LogP contribution in [0.5, 0.6) is 0 Å². The molecule has 15 heavy (non-hydrogen) atoms. The Kier molecular flexibility index (Phi) is 2.72. The smallest absolute Gasteiger partial charge is 0.155 e. The maximum absolute atomic E-state index is 11.1. The molecule has 1 aromatic rings. The molecule has 2 rings (SSSR count). The first kappa shape index (κ1) is 10.2. The average Bonchev–Trinajstić information content (AvgIpc) is 2.58. The van der Waals surface area contributed by atoms with E-state index in [0.29, 0.717) is 6.42 Å². The summed E-state index contributed by atoms with van der Waals surface area (Å²) in [6.07, 6.45) is 4.43. The lowest BCUT2D eigenvalue weighted by atomic mass is 9.96. The third-order valence-electron chi connectivity index (χ3n) is 3.11. The Bertz CT molecular complexity index is 407. The summed E-state index contributed by atoms with van der Waals surface area (Å²) in [6, 6.07) is 6.36. The molecule has 0 N–H and O–H groups in total. The molecular weight excluding hydrogens is 184 g/mol. The number of ketones is 1. The van der Waals surface area contributed by atoms with Crippen LogP contribution < -0.4 is 0 Å². The second-order valence-corrected chi connectivity index (χ2v) is 4.32. The molecule has 0 heterocycles. The van der Waals surface area contributed by atoms with E-state index in [1.165, 1.54) is 22.3 Å². The molecule has 1 aromatic carbocycles. The quantitative estimate of drug-likeness (QED) is 0.716. The minimum atomic E-state index is 0.288. The van der Waals surface area contributed by atoms with Gasteiger partial charge in [0, 0.05) is 6.42 Å². The van der Waals surface area contributed by atoms with Gasteiger partial charge in [-0.2, -0.15) is 0 Å². The fraction of sp³-hybridized carbons (Fsp3) is 0.357. The molecule has 1 aliphatic carbocycles. The highest BCUT2D eigenvalue weighted by Crippen LogP contribution is 2.23. The van der Waals surface area contributed by atoms with Gasteiger partial charge in [0.25, 0.3) is 0 Å². The fourth-order valence-electron chi connectivity index (χ4n) is 2.15. The van der Waals surface area contributed by atoms with Gasteiger partial charge in [-0.15, -0.1) is 0 Å². The fourth-order valence-corrected chi connectivity index (χ4v) is 2.15. The minimum Gasteiger partial charge on any atom is -0.295 e. The van der Waals surface area contributed by atoms with Crippen molar-refractivity contribution in [2.24, 2.45) is 0 Å². The van der Waals surface area contributed by atoms with E-state index >= 15 is 0 Å². The van der Waals surface area contributed by atoms with Gasteiger partial charge in [0.2, 0.25) is 0 Å². The highest BCUT2D eigenvalue weighted by atomic mass is 16.1. The van der Waals surface area contributed by atoms with E-state index < -0.39 is 0 Å². The van der Waals surface area contributed by atoms with Gasteiger partial charge in [-0.05, 0) is 49.5 Å². The first-order valence-corrected chi connectivity index (χ1v) is 5.44. The Balaban J connectivity index is 2.24. The monoisotopic (exact) mass is 200 g/mol. The molecule has 0 amide bonds. The van der Waals surface area contributed by atoms with E-state index in [9.17, 15) is 4.79 Å². The van der Waals surface area contributed by atoms with Crippen molar-refractivity contribution in [3.63, 3.8) is 0 Å².